The van der Waals surface area contributed by atoms with E-state index in [1.54, 1.807) is 0 Å². The number of unbranched alkanes of at least 4 members (excludes halogenated alkanes) is 1. The summed E-state index contributed by atoms with van der Waals surface area (Å²) in [5.74, 6) is 1.17. The molecule has 0 saturated carbocycles. The topological polar surface area (TPSA) is 85.5 Å². The van der Waals surface area contributed by atoms with Gasteiger partial charge in [-0.2, -0.15) is 0 Å². The van der Waals surface area contributed by atoms with Gasteiger partial charge in [0.15, 0.2) is 6.61 Å². The number of carbonyl (C=O) groups is 1. The van der Waals surface area contributed by atoms with E-state index in [0.29, 0.717) is 17.5 Å². The molecular formula is C21H22N2O4S. The number of carboxylic acids is 1. The Kier molecular flexibility index (Phi) is 7.08. The van der Waals surface area contributed by atoms with Crippen molar-refractivity contribution < 1.29 is 19.1 Å². The van der Waals surface area contributed by atoms with Crippen molar-refractivity contribution in [2.45, 2.75) is 38.0 Å². The SMILES string of the molecule is Cc1c(OCc2nnc(SCCCCC(=O)O)o2)cccc1-c1ccccc1. The van der Waals surface area contributed by atoms with E-state index in [1.807, 2.05) is 37.3 Å². The Bertz CT molecular complexity index is 912. The van der Waals surface area contributed by atoms with Crippen molar-refractivity contribution in [2.24, 2.45) is 0 Å². The number of hydrogen-bond donors (Lipinski definition) is 1. The Morgan fingerprint density at radius 3 is 2.71 bits per heavy atom. The van der Waals surface area contributed by atoms with E-state index in [4.69, 9.17) is 14.3 Å². The van der Waals surface area contributed by atoms with Gasteiger partial charge >= 0.3 is 5.97 Å². The highest BCUT2D eigenvalue weighted by Crippen LogP contribution is 2.30. The summed E-state index contributed by atoms with van der Waals surface area (Å²) in [6.07, 6.45) is 1.62. The van der Waals surface area contributed by atoms with Gasteiger partial charge in [0.2, 0.25) is 0 Å². The first kappa shape index (κ1) is 19.9. The van der Waals surface area contributed by atoms with Gasteiger partial charge in [0, 0.05) is 12.2 Å². The maximum Gasteiger partial charge on any atom is 0.303 e. The number of benzene rings is 2. The zero-order valence-electron chi connectivity index (χ0n) is 15.6. The van der Waals surface area contributed by atoms with Gasteiger partial charge in [-0.25, -0.2) is 0 Å². The molecule has 2 aromatic carbocycles. The first-order valence-corrected chi connectivity index (χ1v) is 10.1. The smallest absolute Gasteiger partial charge is 0.303 e. The van der Waals surface area contributed by atoms with Gasteiger partial charge in [-0.05, 0) is 42.5 Å². The zero-order valence-corrected chi connectivity index (χ0v) is 16.4. The highest BCUT2D eigenvalue weighted by Gasteiger charge is 2.11. The maximum absolute atomic E-state index is 10.5. The van der Waals surface area contributed by atoms with Crippen molar-refractivity contribution in [1.82, 2.24) is 10.2 Å². The van der Waals surface area contributed by atoms with Gasteiger partial charge in [0.05, 0.1) is 0 Å². The van der Waals surface area contributed by atoms with E-state index in [9.17, 15) is 4.79 Å². The molecule has 0 aliphatic rings. The van der Waals surface area contributed by atoms with Gasteiger partial charge in [0.1, 0.15) is 5.75 Å². The minimum atomic E-state index is -0.770. The van der Waals surface area contributed by atoms with Crippen LogP contribution in [0.2, 0.25) is 0 Å². The van der Waals surface area contributed by atoms with Gasteiger partial charge < -0.3 is 14.3 Å². The van der Waals surface area contributed by atoms with Gasteiger partial charge in [-0.3, -0.25) is 4.79 Å². The molecule has 1 aromatic heterocycles. The third-order valence-electron chi connectivity index (χ3n) is 4.18. The van der Waals surface area contributed by atoms with Crippen LogP contribution >= 0.6 is 11.8 Å². The molecule has 0 spiro atoms. The van der Waals surface area contributed by atoms with Crippen LogP contribution in [0.4, 0.5) is 0 Å². The quantitative estimate of drug-likeness (QED) is 0.381. The number of aromatic nitrogens is 2. The third-order valence-corrected chi connectivity index (χ3v) is 5.08. The third kappa shape index (κ3) is 5.60. The second kappa shape index (κ2) is 9.94. The molecule has 3 rings (SSSR count). The molecule has 0 bridgehead atoms. The number of rotatable bonds is 10. The summed E-state index contributed by atoms with van der Waals surface area (Å²) in [6, 6.07) is 16.1. The fourth-order valence-corrected chi connectivity index (χ4v) is 3.51. The van der Waals surface area contributed by atoms with Crippen LogP contribution in [-0.2, 0) is 11.4 Å². The number of hydrogen-bond acceptors (Lipinski definition) is 6. The van der Waals surface area contributed by atoms with E-state index in [2.05, 4.69) is 28.4 Å². The predicted molar refractivity (Wildman–Crippen MR) is 107 cm³/mol. The lowest BCUT2D eigenvalue weighted by atomic mass is 10.00. The van der Waals surface area contributed by atoms with Crippen LogP contribution in [0.5, 0.6) is 5.75 Å². The largest absolute Gasteiger partial charge is 0.484 e. The lowest BCUT2D eigenvalue weighted by Gasteiger charge is -2.11. The molecule has 0 aliphatic heterocycles. The number of thioether (sulfide) groups is 1. The maximum atomic E-state index is 10.5. The monoisotopic (exact) mass is 398 g/mol. The Hall–Kier alpha value is -2.80. The Morgan fingerprint density at radius 1 is 1.11 bits per heavy atom. The van der Waals surface area contributed by atoms with Gasteiger partial charge in [0.25, 0.3) is 11.1 Å². The second-order valence-electron chi connectivity index (χ2n) is 6.24. The molecule has 0 radical (unpaired) electrons. The van der Waals surface area contributed by atoms with Crippen LogP contribution in [0.3, 0.4) is 0 Å². The molecule has 1 N–H and O–H groups in total. The minimum Gasteiger partial charge on any atom is -0.484 e. The summed E-state index contributed by atoms with van der Waals surface area (Å²) in [4.78, 5) is 10.5. The Balaban J connectivity index is 1.54. The second-order valence-corrected chi connectivity index (χ2v) is 7.29. The van der Waals surface area contributed by atoms with Crippen LogP contribution in [0.1, 0.15) is 30.7 Å². The molecule has 0 amide bonds. The van der Waals surface area contributed by atoms with Crippen molar-refractivity contribution >= 4 is 17.7 Å². The van der Waals surface area contributed by atoms with E-state index in [1.165, 1.54) is 11.8 Å². The van der Waals surface area contributed by atoms with Crippen molar-refractivity contribution in [2.75, 3.05) is 5.75 Å². The normalized spacial score (nSPS) is 10.8. The first-order chi connectivity index (χ1) is 13.6. The van der Waals surface area contributed by atoms with Crippen LogP contribution < -0.4 is 4.74 Å². The summed E-state index contributed by atoms with van der Waals surface area (Å²) in [5.41, 5.74) is 3.33. The fourth-order valence-electron chi connectivity index (χ4n) is 2.73. The molecule has 0 atom stereocenters. The van der Waals surface area contributed by atoms with E-state index in [-0.39, 0.29) is 13.0 Å². The van der Waals surface area contributed by atoms with Crippen LogP contribution in [0, 0.1) is 6.92 Å². The fraction of sp³-hybridized carbons (Fsp3) is 0.286. The number of aliphatic carboxylic acids is 1. The predicted octanol–water partition coefficient (Wildman–Crippen LogP) is 4.97. The molecule has 0 aliphatic carbocycles. The number of carboxylic acid groups (broad SMARTS) is 1. The van der Waals surface area contributed by atoms with Crippen molar-refractivity contribution in [1.29, 1.82) is 0 Å². The molecule has 0 saturated heterocycles. The van der Waals surface area contributed by atoms with Crippen LogP contribution in [0.15, 0.2) is 58.2 Å². The molecule has 6 nitrogen and oxygen atoms in total. The number of ether oxygens (including phenoxy) is 1. The average molecular weight is 398 g/mol. The lowest BCUT2D eigenvalue weighted by molar-refractivity contribution is -0.137. The molecule has 7 heteroatoms. The molecular weight excluding hydrogens is 376 g/mol. The van der Waals surface area contributed by atoms with Crippen molar-refractivity contribution in [3.8, 4) is 16.9 Å². The molecule has 0 fully saturated rings. The highest BCUT2D eigenvalue weighted by atomic mass is 32.2. The average Bonchev–Trinajstić information content (AvgIpc) is 3.15. The summed E-state index contributed by atoms with van der Waals surface area (Å²) < 4.78 is 11.5. The zero-order chi connectivity index (χ0) is 19.8. The molecule has 0 unspecified atom stereocenters. The number of nitrogens with zero attached hydrogens (tertiary/aromatic N) is 2. The standard InChI is InChI=1S/C21H22N2O4S/c1-15-17(16-8-3-2-4-9-16)10-7-11-18(15)26-14-19-22-23-21(27-19)28-13-6-5-12-20(24)25/h2-4,7-11H,5-6,12-14H2,1H3,(H,24,25). The Labute approximate surface area is 167 Å². The van der Waals surface area contributed by atoms with Gasteiger partial charge in [-0.15, -0.1) is 10.2 Å². The summed E-state index contributed by atoms with van der Waals surface area (Å²) in [5, 5.41) is 17.1. The summed E-state index contributed by atoms with van der Waals surface area (Å²) in [6.45, 7) is 2.23. The van der Waals surface area contributed by atoms with Crippen molar-refractivity contribution in [3.05, 3.63) is 60.0 Å². The van der Waals surface area contributed by atoms with E-state index in [0.717, 1.165) is 34.6 Å². The van der Waals surface area contributed by atoms with E-state index < -0.39 is 5.97 Å². The molecule has 146 valence electrons. The summed E-state index contributed by atoms with van der Waals surface area (Å²) in [7, 11) is 0. The van der Waals surface area contributed by atoms with Crippen molar-refractivity contribution in [3.63, 3.8) is 0 Å². The first-order valence-electron chi connectivity index (χ1n) is 9.08. The van der Waals surface area contributed by atoms with Gasteiger partial charge in [-0.1, -0.05) is 54.2 Å². The lowest BCUT2D eigenvalue weighted by Crippen LogP contribution is -1.98. The Morgan fingerprint density at radius 2 is 1.93 bits per heavy atom. The van der Waals surface area contributed by atoms with E-state index >= 15 is 0 Å². The summed E-state index contributed by atoms with van der Waals surface area (Å²) >= 11 is 1.43. The van der Waals surface area contributed by atoms with Crippen LogP contribution in [-0.4, -0.2) is 27.0 Å². The highest BCUT2D eigenvalue weighted by molar-refractivity contribution is 7.99. The van der Waals surface area contributed by atoms with Crippen LogP contribution in [0.25, 0.3) is 11.1 Å². The molecule has 1 heterocycles. The molecule has 28 heavy (non-hydrogen) atoms. The minimum absolute atomic E-state index is 0.185. The molecule has 3 aromatic rings.